The number of ether oxygens (including phenoxy) is 2. The monoisotopic (exact) mass is 1240 g/mol. The van der Waals surface area contributed by atoms with E-state index in [0.717, 1.165) is 32.1 Å². The van der Waals surface area contributed by atoms with Crippen LogP contribution in [0.25, 0.3) is 0 Å². The zero-order chi connectivity index (χ0) is 62.6. The Kier molecular flexibility index (Phi) is 67.6. The van der Waals surface area contributed by atoms with Crippen LogP contribution in [0.2, 0.25) is 0 Å². The van der Waals surface area contributed by atoms with E-state index in [1.807, 2.05) is 21.1 Å². The average molecular weight is 1240 g/mol. The van der Waals surface area contributed by atoms with Gasteiger partial charge in [0, 0.05) is 12.8 Å². The minimum absolute atomic E-state index is 0.0247. The summed E-state index contributed by atoms with van der Waals surface area (Å²) >= 11 is 0. The number of nitrogens with zero attached hydrogens (tertiary/aromatic N) is 1. The average Bonchev–Trinajstić information content (AvgIpc) is 3.56. The van der Waals surface area contributed by atoms with Crippen molar-refractivity contribution in [2.75, 3.05) is 47.5 Å². The highest BCUT2D eigenvalue weighted by Crippen LogP contribution is 2.38. The zero-order valence-corrected chi connectivity index (χ0v) is 59.7. The summed E-state index contributed by atoms with van der Waals surface area (Å²) in [5, 5.41) is 0. The molecule has 0 aromatic carbocycles. The van der Waals surface area contributed by atoms with E-state index in [0.29, 0.717) is 17.4 Å². The van der Waals surface area contributed by atoms with E-state index in [-0.39, 0.29) is 32.0 Å². The molecule has 0 saturated heterocycles. The van der Waals surface area contributed by atoms with Gasteiger partial charge in [0.05, 0.1) is 27.7 Å². The summed E-state index contributed by atoms with van der Waals surface area (Å²) in [6.45, 7) is 4.35. The van der Waals surface area contributed by atoms with E-state index < -0.39 is 26.5 Å². The summed E-state index contributed by atoms with van der Waals surface area (Å²) in [6.07, 6.45) is 83.7. The van der Waals surface area contributed by atoms with Crippen LogP contribution in [0.3, 0.4) is 0 Å². The van der Waals surface area contributed by atoms with E-state index in [9.17, 15) is 19.0 Å². The van der Waals surface area contributed by atoms with Crippen molar-refractivity contribution in [2.24, 2.45) is 0 Å². The first kappa shape index (κ1) is 85.0. The largest absolute Gasteiger partial charge is 0.756 e. The van der Waals surface area contributed by atoms with Crippen molar-refractivity contribution in [2.45, 2.75) is 431 Å². The minimum atomic E-state index is -4.64. The van der Waals surface area contributed by atoms with Gasteiger partial charge in [-0.2, -0.15) is 0 Å². The number of hydrogen-bond acceptors (Lipinski definition) is 8. The molecule has 10 heteroatoms. The van der Waals surface area contributed by atoms with Gasteiger partial charge < -0.3 is 27.9 Å². The smallest absolute Gasteiger partial charge is 0.306 e. The molecule has 0 saturated carbocycles. The molecule has 9 nitrogen and oxygen atoms in total. The topological polar surface area (TPSA) is 111 Å². The second kappa shape index (κ2) is 68.4. The molecule has 514 valence electrons. The number of phosphoric ester groups is 1. The van der Waals surface area contributed by atoms with Crippen LogP contribution in [0.1, 0.15) is 425 Å². The SMILES string of the molecule is CCCCCCCCCCCCCCCCCCCCCCCCCCCCCCCCCCCCCC(=O)OC(COC(=O)CCCCCCCCCCCCCCCCCCCCCCCCCCCCC)COP(=O)([O-])OCC[N+](C)(C)C. The fourth-order valence-electron chi connectivity index (χ4n) is 12.2. The summed E-state index contributed by atoms with van der Waals surface area (Å²) < 4.78 is 34.4. The van der Waals surface area contributed by atoms with Crippen LogP contribution < -0.4 is 4.89 Å². The van der Waals surface area contributed by atoms with Gasteiger partial charge in [-0.25, -0.2) is 0 Å². The van der Waals surface area contributed by atoms with Crippen LogP contribution in [-0.2, 0) is 32.7 Å². The van der Waals surface area contributed by atoms with Crippen molar-refractivity contribution in [3.63, 3.8) is 0 Å². The highest BCUT2D eigenvalue weighted by Gasteiger charge is 2.22. The third-order valence-electron chi connectivity index (χ3n) is 18.1. The Hall–Kier alpha value is -0.990. The molecule has 0 amide bonds. The van der Waals surface area contributed by atoms with Gasteiger partial charge in [-0.1, -0.05) is 399 Å². The van der Waals surface area contributed by atoms with Gasteiger partial charge in [-0.15, -0.1) is 0 Å². The lowest BCUT2D eigenvalue weighted by Gasteiger charge is -2.28. The van der Waals surface area contributed by atoms with Crippen LogP contribution in [0.15, 0.2) is 0 Å². The van der Waals surface area contributed by atoms with Crippen molar-refractivity contribution in [1.29, 1.82) is 0 Å². The number of unbranched alkanes of at least 4 members (excludes halogenated alkanes) is 60. The first-order valence-corrected chi connectivity index (χ1v) is 40.2. The highest BCUT2D eigenvalue weighted by molar-refractivity contribution is 7.45. The second-order valence-corrected chi connectivity index (χ2v) is 29.5. The molecule has 0 fully saturated rings. The Labute approximate surface area is 537 Å². The van der Waals surface area contributed by atoms with Gasteiger partial charge in [0.1, 0.15) is 19.8 Å². The summed E-state index contributed by atoms with van der Waals surface area (Å²) in [7, 11) is 1.20. The highest BCUT2D eigenvalue weighted by atomic mass is 31.2. The van der Waals surface area contributed by atoms with Gasteiger partial charge in [0.15, 0.2) is 6.10 Å². The Morgan fingerprint density at radius 1 is 0.314 bits per heavy atom. The predicted octanol–water partition coefficient (Wildman–Crippen LogP) is 24.7. The number of carbonyl (C=O) groups excluding carboxylic acids is 2. The van der Waals surface area contributed by atoms with Gasteiger partial charge >= 0.3 is 11.9 Å². The van der Waals surface area contributed by atoms with Crippen molar-refractivity contribution < 1.29 is 42.1 Å². The molecule has 0 rings (SSSR count). The van der Waals surface area contributed by atoms with Crippen LogP contribution in [0, 0.1) is 0 Å². The van der Waals surface area contributed by atoms with Crippen molar-refractivity contribution in [1.82, 2.24) is 0 Å². The number of hydrogen-bond donors (Lipinski definition) is 0. The molecular weight excluding hydrogens is 1090 g/mol. The maximum Gasteiger partial charge on any atom is 0.306 e. The summed E-state index contributed by atoms with van der Waals surface area (Å²) in [5.74, 6) is -0.801. The van der Waals surface area contributed by atoms with Gasteiger partial charge in [-0.05, 0) is 12.8 Å². The Balaban J connectivity index is 3.90. The zero-order valence-electron chi connectivity index (χ0n) is 58.8. The third kappa shape index (κ3) is 72.1. The lowest BCUT2D eigenvalue weighted by Crippen LogP contribution is -2.37. The molecule has 0 aliphatic carbocycles. The van der Waals surface area contributed by atoms with E-state index in [1.165, 1.54) is 360 Å². The molecule has 0 aromatic rings. The van der Waals surface area contributed by atoms with Crippen LogP contribution in [-0.4, -0.2) is 70.0 Å². The number of carbonyl (C=O) groups is 2. The molecule has 0 aliphatic rings. The Bertz CT molecular complexity index is 1410. The standard InChI is InChI=1S/C76H152NO8P/c1-6-8-10-12-14-16-18-20-22-24-26-28-30-32-34-35-36-37-38-39-40-41-43-45-47-49-51-53-55-57-59-61-63-65-67-69-76(79)85-74(73-84-86(80,81)83-71-70-77(3,4)5)72-82-75(78)68-66-64-62-60-58-56-54-52-50-48-46-44-42-33-31-29-27-25-23-21-19-17-15-13-11-9-7-2/h74H,6-73H2,1-5H3. The Morgan fingerprint density at radius 3 is 0.744 bits per heavy atom. The molecule has 0 aromatic heterocycles. The summed E-state index contributed by atoms with van der Waals surface area (Å²) in [6, 6.07) is 0. The van der Waals surface area contributed by atoms with Gasteiger partial charge in [-0.3, -0.25) is 14.2 Å². The van der Waals surface area contributed by atoms with E-state index in [4.69, 9.17) is 18.5 Å². The normalized spacial score (nSPS) is 13.0. The third-order valence-corrected chi connectivity index (χ3v) is 19.1. The maximum absolute atomic E-state index is 12.9. The van der Waals surface area contributed by atoms with E-state index >= 15 is 0 Å². The first-order valence-electron chi connectivity index (χ1n) is 38.7. The molecule has 2 unspecified atom stereocenters. The van der Waals surface area contributed by atoms with E-state index in [1.54, 1.807) is 0 Å². The molecule has 0 spiro atoms. The second-order valence-electron chi connectivity index (χ2n) is 28.1. The predicted molar refractivity (Wildman–Crippen MR) is 370 cm³/mol. The number of rotatable bonds is 74. The molecule has 86 heavy (non-hydrogen) atoms. The lowest BCUT2D eigenvalue weighted by atomic mass is 10.0. The van der Waals surface area contributed by atoms with Crippen molar-refractivity contribution >= 4 is 19.8 Å². The fraction of sp³-hybridized carbons (Fsp3) is 0.974. The van der Waals surface area contributed by atoms with Crippen LogP contribution in [0.5, 0.6) is 0 Å². The first-order chi connectivity index (χ1) is 42.0. The number of phosphoric acid groups is 1. The fourth-order valence-corrected chi connectivity index (χ4v) is 12.9. The summed E-state index contributed by atoms with van der Waals surface area (Å²) in [4.78, 5) is 38.1. The number of quaternary nitrogens is 1. The van der Waals surface area contributed by atoms with Crippen molar-refractivity contribution in [3.8, 4) is 0 Å². The molecule has 0 aliphatic heterocycles. The van der Waals surface area contributed by atoms with Crippen molar-refractivity contribution in [3.05, 3.63) is 0 Å². The van der Waals surface area contributed by atoms with Crippen LogP contribution in [0.4, 0.5) is 0 Å². The maximum atomic E-state index is 12.9. The molecule has 0 heterocycles. The van der Waals surface area contributed by atoms with Crippen LogP contribution >= 0.6 is 7.82 Å². The van der Waals surface area contributed by atoms with E-state index in [2.05, 4.69) is 13.8 Å². The summed E-state index contributed by atoms with van der Waals surface area (Å²) in [5.41, 5.74) is 0. The minimum Gasteiger partial charge on any atom is -0.756 e. The quantitative estimate of drug-likeness (QED) is 0.0256. The van der Waals surface area contributed by atoms with Gasteiger partial charge in [0.2, 0.25) is 0 Å². The lowest BCUT2D eigenvalue weighted by molar-refractivity contribution is -0.870. The number of esters is 2. The molecular formula is C76H152NO8P. The van der Waals surface area contributed by atoms with Gasteiger partial charge in [0.25, 0.3) is 7.82 Å². The molecule has 2 atom stereocenters. The molecule has 0 radical (unpaired) electrons. The Morgan fingerprint density at radius 2 is 0.523 bits per heavy atom. The number of likely N-dealkylation sites (N-methyl/N-ethyl adjacent to an activating group) is 1. The molecule has 0 N–H and O–H groups in total. The molecule has 0 bridgehead atoms.